The smallest absolute Gasteiger partial charge is 0.361 e. The van der Waals surface area contributed by atoms with Crippen LogP contribution in [0.2, 0.25) is 0 Å². The Morgan fingerprint density at radius 2 is 1.06 bits per heavy atom. The van der Waals surface area contributed by atoms with Gasteiger partial charge >= 0.3 is 6.18 Å². The van der Waals surface area contributed by atoms with E-state index in [0.717, 1.165) is 40.9 Å². The van der Waals surface area contributed by atoms with Crippen LogP contribution in [0.5, 0.6) is 0 Å². The maximum Gasteiger partial charge on any atom is 0.400 e. The molecule has 2 aliphatic carbocycles. The Labute approximate surface area is 372 Å². The van der Waals surface area contributed by atoms with Crippen molar-refractivity contribution in [1.82, 2.24) is 30.4 Å². The molecule has 3 fully saturated rings. The van der Waals surface area contributed by atoms with Gasteiger partial charge in [0, 0.05) is 69.3 Å². The Kier molecular flexibility index (Phi) is 14.9. The van der Waals surface area contributed by atoms with Gasteiger partial charge in [0.25, 0.3) is 5.92 Å². The molecule has 356 valence electrons. The van der Waals surface area contributed by atoms with Crippen LogP contribution in [0.1, 0.15) is 187 Å². The third-order valence-electron chi connectivity index (χ3n) is 11.7. The number of aromatic nitrogens is 4. The maximum atomic E-state index is 13.1. The summed E-state index contributed by atoms with van der Waals surface area (Å²) in [5.74, 6) is 0.768. The molecule has 2 saturated carbocycles. The highest BCUT2D eigenvalue weighted by molar-refractivity contribution is 5.31. The highest BCUT2D eigenvalue weighted by Crippen LogP contribution is 2.54. The van der Waals surface area contributed by atoms with E-state index in [4.69, 9.17) is 18.1 Å². The van der Waals surface area contributed by atoms with Gasteiger partial charge in [-0.1, -0.05) is 131 Å². The lowest BCUT2D eigenvalue weighted by Crippen LogP contribution is -2.55. The number of likely N-dealkylation sites (tertiary alicyclic amines) is 1. The van der Waals surface area contributed by atoms with Gasteiger partial charge in [-0.3, -0.25) is 4.90 Å². The zero-order valence-electron chi connectivity index (χ0n) is 41.3. The van der Waals surface area contributed by atoms with Crippen molar-refractivity contribution in [2.75, 3.05) is 33.7 Å². The molecule has 0 radical (unpaired) electrons. The molecule has 63 heavy (non-hydrogen) atoms. The highest BCUT2D eigenvalue weighted by atomic mass is 19.4. The fraction of sp³-hybridized carbons (Fsp3) is 0.750. The van der Waals surface area contributed by atoms with E-state index in [1.165, 1.54) is 24.5 Å². The monoisotopic (exact) mass is 895 g/mol. The van der Waals surface area contributed by atoms with E-state index in [9.17, 15) is 22.0 Å². The lowest BCUT2D eigenvalue weighted by molar-refractivity contribution is -0.214. The molecule has 7 rings (SSSR count). The summed E-state index contributed by atoms with van der Waals surface area (Å²) >= 11 is 0. The van der Waals surface area contributed by atoms with Crippen molar-refractivity contribution in [2.24, 2.45) is 0 Å². The van der Waals surface area contributed by atoms with Crippen LogP contribution in [-0.4, -0.2) is 76.3 Å². The summed E-state index contributed by atoms with van der Waals surface area (Å²) in [4.78, 5) is 3.89. The number of hydrogen-bond acceptors (Lipinski definition) is 10. The van der Waals surface area contributed by atoms with E-state index < -0.39 is 17.5 Å². The van der Waals surface area contributed by atoms with Gasteiger partial charge < -0.3 is 23.0 Å². The molecule has 0 atom stereocenters. The third-order valence-corrected chi connectivity index (χ3v) is 11.7. The lowest BCUT2D eigenvalue weighted by Gasteiger charge is -2.41. The van der Waals surface area contributed by atoms with Crippen LogP contribution in [0.3, 0.4) is 0 Å². The van der Waals surface area contributed by atoms with E-state index in [0.29, 0.717) is 18.7 Å². The maximum absolute atomic E-state index is 13.1. The molecule has 5 heterocycles. The normalized spacial score (nSPS) is 18.5. The Hall–Kier alpha value is -3.59. The molecular formula is C48H75F5N6O4. The molecule has 4 aromatic heterocycles. The van der Waals surface area contributed by atoms with Crippen LogP contribution >= 0.6 is 0 Å². The van der Waals surface area contributed by atoms with Crippen molar-refractivity contribution < 1.29 is 40.0 Å². The summed E-state index contributed by atoms with van der Waals surface area (Å²) in [6.07, 6.45) is -0.934. The van der Waals surface area contributed by atoms with E-state index in [2.05, 4.69) is 115 Å². The summed E-state index contributed by atoms with van der Waals surface area (Å²) in [6.45, 7) is 34.4. The molecule has 1 saturated heterocycles. The number of halogens is 5. The zero-order chi connectivity index (χ0) is 48.0. The van der Waals surface area contributed by atoms with Crippen LogP contribution in [0.15, 0.2) is 36.3 Å². The second-order valence-electron chi connectivity index (χ2n) is 23.5. The third kappa shape index (κ3) is 13.0. The summed E-state index contributed by atoms with van der Waals surface area (Å²) in [7, 11) is 4.23. The average molecular weight is 895 g/mol. The molecule has 0 aromatic carbocycles. The predicted octanol–water partition coefficient (Wildman–Crippen LogP) is 12.5. The van der Waals surface area contributed by atoms with E-state index in [-0.39, 0.29) is 64.1 Å². The van der Waals surface area contributed by atoms with Crippen molar-refractivity contribution in [3.8, 4) is 0 Å². The zero-order valence-corrected chi connectivity index (χ0v) is 41.3. The molecule has 0 N–H and O–H groups in total. The van der Waals surface area contributed by atoms with Crippen LogP contribution in [0.25, 0.3) is 0 Å². The van der Waals surface area contributed by atoms with Crippen LogP contribution in [0.4, 0.5) is 22.0 Å². The number of rotatable bonds is 6. The van der Waals surface area contributed by atoms with E-state index in [1.54, 1.807) is 4.90 Å². The van der Waals surface area contributed by atoms with Crippen LogP contribution in [0, 0.1) is 6.92 Å². The number of nitrogens with zero attached hydrogens (tertiary/aromatic N) is 6. The molecular weight excluding hydrogens is 820 g/mol. The molecule has 3 aliphatic rings. The van der Waals surface area contributed by atoms with Gasteiger partial charge in [-0.25, -0.2) is 8.78 Å². The van der Waals surface area contributed by atoms with Gasteiger partial charge in [0.2, 0.25) is 0 Å². The fourth-order valence-corrected chi connectivity index (χ4v) is 7.62. The first-order chi connectivity index (χ1) is 28.4. The number of likely N-dealkylation sites (N-methyl/N-ethyl adjacent to an activating group) is 1. The Bertz CT molecular complexity index is 2040. The van der Waals surface area contributed by atoms with Crippen molar-refractivity contribution in [1.29, 1.82) is 0 Å². The van der Waals surface area contributed by atoms with Gasteiger partial charge in [-0.15, -0.1) is 0 Å². The van der Waals surface area contributed by atoms with Crippen LogP contribution in [-0.2, 0) is 44.4 Å². The summed E-state index contributed by atoms with van der Waals surface area (Å²) < 4.78 is 85.5. The number of hydrogen-bond donors (Lipinski definition) is 0. The molecule has 1 aliphatic heterocycles. The molecule has 0 amide bonds. The standard InChI is InChI=1S/C13H22N2O.C12H16F3NO.C12H21NO.C11H16F2N2O/c1-12(2,3)11-8-10(14-16-11)13(6-7-13)9-15(4)5;1-10(2,3)9-7-8(16-17-9)11(5-4-6-11)12(13,14)15;1-8-9(11(2,3)4)13-14-10(8)12(5,6)7;1-10(2,3)9-4-8(14-16-9)5-15-6-11(12,13)7-15/h8H,6-7,9H2,1-5H3;7H,4-6H2,1-3H3;1-7H3;4H,5-7H2,1-3H3. The van der Waals surface area contributed by atoms with Gasteiger partial charge in [0.15, 0.2) is 0 Å². The van der Waals surface area contributed by atoms with Crippen LogP contribution < -0.4 is 0 Å². The Morgan fingerprint density at radius 1 is 0.603 bits per heavy atom. The minimum absolute atomic E-state index is 0.0422. The van der Waals surface area contributed by atoms with Crippen molar-refractivity contribution in [2.45, 2.75) is 199 Å². The molecule has 0 spiro atoms. The van der Waals surface area contributed by atoms with Crippen molar-refractivity contribution in [3.63, 3.8) is 0 Å². The predicted molar refractivity (Wildman–Crippen MR) is 236 cm³/mol. The van der Waals surface area contributed by atoms with Gasteiger partial charge in [0.05, 0.1) is 35.9 Å². The highest BCUT2D eigenvalue weighted by Gasteiger charge is 2.61. The lowest BCUT2D eigenvalue weighted by atomic mass is 9.66. The van der Waals surface area contributed by atoms with Gasteiger partial charge in [-0.05, 0) is 46.7 Å². The second kappa shape index (κ2) is 18.0. The molecule has 0 bridgehead atoms. The van der Waals surface area contributed by atoms with Gasteiger partial charge in [-0.2, -0.15) is 13.2 Å². The average Bonchev–Trinajstić information content (AvgIpc) is 3.61. The molecule has 0 unspecified atom stereocenters. The first-order valence-corrected chi connectivity index (χ1v) is 22.1. The van der Waals surface area contributed by atoms with Crippen molar-refractivity contribution >= 4 is 0 Å². The molecule has 4 aromatic rings. The summed E-state index contributed by atoms with van der Waals surface area (Å²) in [6, 6.07) is 5.46. The molecule has 15 heteroatoms. The Morgan fingerprint density at radius 3 is 1.38 bits per heavy atom. The fourth-order valence-electron chi connectivity index (χ4n) is 7.62. The quantitative estimate of drug-likeness (QED) is 0.173. The second-order valence-corrected chi connectivity index (χ2v) is 23.5. The van der Waals surface area contributed by atoms with E-state index in [1.807, 2.05) is 47.6 Å². The SMILES string of the molecule is CC(C)(C)c1cc(C2(C(F)(F)F)CCC2)no1.CC(C)(C)c1cc(CN2CC(F)(F)C2)no1.CN(C)CC1(c2cc(C(C)(C)C)on2)CC1.Cc1c(C(C)(C)C)noc1C(C)(C)C. The topological polar surface area (TPSA) is 111 Å². The van der Waals surface area contributed by atoms with E-state index >= 15 is 0 Å². The summed E-state index contributed by atoms with van der Waals surface area (Å²) in [5.41, 5.74) is 2.44. The first-order valence-electron chi connectivity index (χ1n) is 22.1. The van der Waals surface area contributed by atoms with Crippen molar-refractivity contribution in [3.05, 3.63) is 69.6 Å². The summed E-state index contributed by atoms with van der Waals surface area (Å²) in [5, 5.41) is 16.0. The minimum atomic E-state index is -4.24. The Balaban J connectivity index is 0.000000185. The first kappa shape index (κ1) is 52.0. The number of alkyl halides is 5. The minimum Gasteiger partial charge on any atom is -0.361 e. The molecule has 10 nitrogen and oxygen atoms in total. The largest absolute Gasteiger partial charge is 0.400 e. The van der Waals surface area contributed by atoms with Gasteiger partial charge in [0.1, 0.15) is 28.5 Å².